The molecule has 0 unspecified atom stereocenters. The number of sulfonamides is 2. The fraction of sp³-hybridized carbons (Fsp3) is 0.235. The number of rotatable bonds is 5. The standard InChI is InChI=1S/C17H18ClN3O6S2/c18-15-5-4-12(10-16(15)28(19,23)24)17(22)20-13-2-1-3-14(11-13)29(25,26)21-6-8-27-9-7-21/h1-5,10-11H,6-9H2,(H,20,22)(H2,19,23,24). The summed E-state index contributed by atoms with van der Waals surface area (Å²) >= 11 is 5.82. The third-order valence-corrected chi connectivity index (χ3v) is 7.49. The summed E-state index contributed by atoms with van der Waals surface area (Å²) in [6.45, 7) is 1.14. The maximum absolute atomic E-state index is 12.8. The molecule has 1 aliphatic rings. The van der Waals surface area contributed by atoms with Crippen molar-refractivity contribution in [2.75, 3.05) is 31.6 Å². The summed E-state index contributed by atoms with van der Waals surface area (Å²) < 4.78 is 55.1. The van der Waals surface area contributed by atoms with Crippen molar-refractivity contribution in [3.8, 4) is 0 Å². The maximum Gasteiger partial charge on any atom is 0.255 e. The highest BCUT2D eigenvalue weighted by Gasteiger charge is 2.26. The first kappa shape index (κ1) is 21.7. The molecule has 3 rings (SSSR count). The molecule has 1 fully saturated rings. The molecular weight excluding hydrogens is 442 g/mol. The number of nitrogens with zero attached hydrogens (tertiary/aromatic N) is 1. The Hall–Kier alpha value is -2.02. The van der Waals surface area contributed by atoms with E-state index >= 15 is 0 Å². The SMILES string of the molecule is NS(=O)(=O)c1cc(C(=O)Nc2cccc(S(=O)(=O)N3CCOCC3)c2)ccc1Cl. The largest absolute Gasteiger partial charge is 0.379 e. The zero-order valence-electron chi connectivity index (χ0n) is 15.0. The summed E-state index contributed by atoms with van der Waals surface area (Å²) in [5, 5.41) is 7.53. The van der Waals surface area contributed by atoms with E-state index in [0.717, 1.165) is 6.07 Å². The Morgan fingerprint density at radius 3 is 2.41 bits per heavy atom. The number of nitrogens with two attached hydrogens (primary N) is 1. The minimum Gasteiger partial charge on any atom is -0.379 e. The lowest BCUT2D eigenvalue weighted by Gasteiger charge is -2.26. The molecule has 1 heterocycles. The average Bonchev–Trinajstić information content (AvgIpc) is 2.68. The van der Waals surface area contributed by atoms with E-state index in [4.69, 9.17) is 21.5 Å². The van der Waals surface area contributed by atoms with E-state index in [-0.39, 0.29) is 39.2 Å². The van der Waals surface area contributed by atoms with Crippen LogP contribution in [0.5, 0.6) is 0 Å². The van der Waals surface area contributed by atoms with Crippen LogP contribution in [0.1, 0.15) is 10.4 Å². The molecule has 2 aromatic carbocycles. The monoisotopic (exact) mass is 459 g/mol. The number of hydrogen-bond acceptors (Lipinski definition) is 6. The fourth-order valence-electron chi connectivity index (χ4n) is 2.74. The molecule has 2 aromatic rings. The molecule has 156 valence electrons. The van der Waals surface area contributed by atoms with Gasteiger partial charge in [0.1, 0.15) is 4.90 Å². The van der Waals surface area contributed by atoms with Crippen molar-refractivity contribution in [3.63, 3.8) is 0 Å². The summed E-state index contributed by atoms with van der Waals surface area (Å²) in [5.41, 5.74) is 0.233. The summed E-state index contributed by atoms with van der Waals surface area (Å²) in [7, 11) is -7.84. The van der Waals surface area contributed by atoms with Crippen molar-refractivity contribution in [3.05, 3.63) is 53.1 Å². The molecule has 0 radical (unpaired) electrons. The number of carbonyl (C=O) groups is 1. The van der Waals surface area contributed by atoms with Crippen LogP contribution in [0.4, 0.5) is 5.69 Å². The first-order chi connectivity index (χ1) is 13.6. The topological polar surface area (TPSA) is 136 Å². The van der Waals surface area contributed by atoms with Crippen LogP contribution in [0.25, 0.3) is 0 Å². The van der Waals surface area contributed by atoms with Gasteiger partial charge in [-0.3, -0.25) is 4.79 Å². The van der Waals surface area contributed by atoms with Crippen LogP contribution >= 0.6 is 11.6 Å². The van der Waals surface area contributed by atoms with E-state index in [1.165, 1.54) is 40.7 Å². The van der Waals surface area contributed by atoms with Gasteiger partial charge in [-0.25, -0.2) is 22.0 Å². The first-order valence-electron chi connectivity index (χ1n) is 8.41. The molecule has 1 amide bonds. The third-order valence-electron chi connectivity index (χ3n) is 4.20. The van der Waals surface area contributed by atoms with Crippen LogP contribution in [0, 0.1) is 0 Å². The molecule has 9 nitrogen and oxygen atoms in total. The molecule has 0 saturated carbocycles. The molecule has 0 aliphatic carbocycles. The van der Waals surface area contributed by atoms with Crippen LogP contribution in [0.2, 0.25) is 5.02 Å². The van der Waals surface area contributed by atoms with Gasteiger partial charge in [0.25, 0.3) is 5.91 Å². The first-order valence-corrected chi connectivity index (χ1v) is 11.8. The molecule has 1 saturated heterocycles. The predicted octanol–water partition coefficient (Wildman–Crippen LogP) is 1.26. The smallest absolute Gasteiger partial charge is 0.255 e. The lowest BCUT2D eigenvalue weighted by Crippen LogP contribution is -2.40. The Balaban J connectivity index is 1.85. The van der Waals surface area contributed by atoms with Crippen LogP contribution in [-0.4, -0.2) is 53.4 Å². The van der Waals surface area contributed by atoms with Gasteiger partial charge in [0, 0.05) is 24.3 Å². The van der Waals surface area contributed by atoms with Crippen molar-refractivity contribution in [1.29, 1.82) is 0 Å². The number of anilines is 1. The molecule has 3 N–H and O–H groups in total. The van der Waals surface area contributed by atoms with Crippen molar-refractivity contribution in [2.24, 2.45) is 5.14 Å². The van der Waals surface area contributed by atoms with Gasteiger partial charge < -0.3 is 10.1 Å². The fourth-order valence-corrected chi connectivity index (χ4v) is 5.26. The minimum absolute atomic E-state index is 0.000125. The Kier molecular flexibility index (Phi) is 6.27. The van der Waals surface area contributed by atoms with Crippen molar-refractivity contribution in [1.82, 2.24) is 4.31 Å². The van der Waals surface area contributed by atoms with E-state index in [1.54, 1.807) is 0 Å². The highest BCUT2D eigenvalue weighted by Crippen LogP contribution is 2.24. The van der Waals surface area contributed by atoms with Gasteiger partial charge in [0.05, 0.1) is 23.1 Å². The van der Waals surface area contributed by atoms with E-state index in [2.05, 4.69) is 5.32 Å². The summed E-state index contributed by atoms with van der Waals surface area (Å²) in [4.78, 5) is 12.1. The molecule has 12 heteroatoms. The number of ether oxygens (including phenoxy) is 1. The van der Waals surface area contributed by atoms with Gasteiger partial charge >= 0.3 is 0 Å². The van der Waals surface area contributed by atoms with Crippen molar-refractivity contribution >= 4 is 43.2 Å². The molecular formula is C17H18ClN3O6S2. The molecule has 0 spiro atoms. The summed E-state index contributed by atoms with van der Waals surface area (Å²) in [5.74, 6) is -0.646. The zero-order chi connectivity index (χ0) is 21.2. The van der Waals surface area contributed by atoms with Crippen molar-refractivity contribution in [2.45, 2.75) is 9.79 Å². The van der Waals surface area contributed by atoms with Gasteiger partial charge in [-0.05, 0) is 36.4 Å². The summed E-state index contributed by atoms with van der Waals surface area (Å²) in [6, 6.07) is 9.42. The lowest BCUT2D eigenvalue weighted by atomic mass is 10.2. The van der Waals surface area contributed by atoms with Gasteiger partial charge in [-0.1, -0.05) is 17.7 Å². The molecule has 29 heavy (non-hydrogen) atoms. The second-order valence-corrected chi connectivity index (χ2v) is 10.1. The summed E-state index contributed by atoms with van der Waals surface area (Å²) in [6.07, 6.45) is 0. The number of primary sulfonamides is 1. The highest BCUT2D eigenvalue weighted by molar-refractivity contribution is 7.89. The number of carbonyl (C=O) groups excluding carboxylic acids is 1. The number of hydrogen-bond donors (Lipinski definition) is 2. The lowest BCUT2D eigenvalue weighted by molar-refractivity contribution is 0.0730. The third kappa shape index (κ3) is 4.94. The van der Waals surface area contributed by atoms with E-state index in [0.29, 0.717) is 13.2 Å². The van der Waals surface area contributed by atoms with Crippen molar-refractivity contribution < 1.29 is 26.4 Å². The minimum atomic E-state index is -4.11. The predicted molar refractivity (Wildman–Crippen MR) is 107 cm³/mol. The van der Waals surface area contributed by atoms with Gasteiger partial charge in [-0.15, -0.1) is 0 Å². The molecule has 0 atom stereocenters. The second kappa shape index (κ2) is 8.38. The van der Waals surface area contributed by atoms with Crippen LogP contribution in [-0.2, 0) is 24.8 Å². The molecule has 0 bridgehead atoms. The zero-order valence-corrected chi connectivity index (χ0v) is 17.4. The van der Waals surface area contributed by atoms with Crippen LogP contribution < -0.4 is 10.5 Å². The van der Waals surface area contributed by atoms with E-state index < -0.39 is 26.0 Å². The normalized spacial score (nSPS) is 15.8. The Bertz CT molecular complexity index is 1150. The number of amides is 1. The number of benzene rings is 2. The van der Waals surface area contributed by atoms with Crippen LogP contribution in [0.3, 0.4) is 0 Å². The number of nitrogens with one attached hydrogen (secondary N) is 1. The highest BCUT2D eigenvalue weighted by atomic mass is 35.5. The molecule has 1 aliphatic heterocycles. The van der Waals surface area contributed by atoms with E-state index in [9.17, 15) is 21.6 Å². The number of halogens is 1. The maximum atomic E-state index is 12.8. The number of morpholine rings is 1. The van der Waals surface area contributed by atoms with Gasteiger partial charge in [-0.2, -0.15) is 4.31 Å². The Morgan fingerprint density at radius 1 is 1.07 bits per heavy atom. The quantitative estimate of drug-likeness (QED) is 0.690. The Labute approximate surface area is 173 Å². The van der Waals surface area contributed by atoms with Gasteiger partial charge in [0.2, 0.25) is 20.0 Å². The van der Waals surface area contributed by atoms with E-state index in [1.807, 2.05) is 0 Å². The average molecular weight is 460 g/mol. The molecule has 0 aromatic heterocycles. The Morgan fingerprint density at radius 2 is 1.76 bits per heavy atom. The van der Waals surface area contributed by atoms with Crippen LogP contribution in [0.15, 0.2) is 52.3 Å². The second-order valence-electron chi connectivity index (χ2n) is 6.19. The van der Waals surface area contributed by atoms with Gasteiger partial charge in [0.15, 0.2) is 0 Å².